The van der Waals surface area contributed by atoms with E-state index in [1.807, 2.05) is 0 Å². The van der Waals surface area contributed by atoms with E-state index in [4.69, 9.17) is 16.7 Å². The Morgan fingerprint density at radius 2 is 2.29 bits per heavy atom. The fraction of sp³-hybridized carbons (Fsp3) is 0.750. The molecule has 0 saturated heterocycles. The largest absolute Gasteiger partial charge is 0.481 e. The highest BCUT2D eigenvalue weighted by Crippen LogP contribution is 2.35. The zero-order valence-electron chi connectivity index (χ0n) is 3.60. The van der Waals surface area contributed by atoms with Crippen molar-refractivity contribution >= 4 is 17.6 Å². The van der Waals surface area contributed by atoms with Crippen LogP contribution in [0.15, 0.2) is 0 Å². The molecular weight excluding hydrogens is 115 g/mol. The first-order chi connectivity index (χ1) is 3.22. The standard InChI is InChI=1S/C4H5ClO2/c5-3-1-2(3)4(6)7/h2-3H,1H2,(H,6,7)/t2-,3?/m1/s1. The maximum atomic E-state index is 9.89. The average Bonchev–Trinajstić information content (AvgIpc) is 2.17. The minimum Gasteiger partial charge on any atom is -0.481 e. The molecule has 40 valence electrons. The summed E-state index contributed by atoms with van der Waals surface area (Å²) in [6.45, 7) is 0. The van der Waals surface area contributed by atoms with Gasteiger partial charge in [-0.1, -0.05) is 0 Å². The van der Waals surface area contributed by atoms with Gasteiger partial charge in [0.25, 0.3) is 0 Å². The molecule has 0 amide bonds. The Morgan fingerprint density at radius 3 is 2.29 bits per heavy atom. The molecule has 0 heterocycles. The molecule has 0 aliphatic heterocycles. The van der Waals surface area contributed by atoms with Crippen molar-refractivity contribution < 1.29 is 9.90 Å². The van der Waals surface area contributed by atoms with Crippen LogP contribution in [0.3, 0.4) is 0 Å². The molecule has 0 aromatic carbocycles. The summed E-state index contributed by atoms with van der Waals surface area (Å²) in [5, 5.41) is 8.05. The zero-order chi connectivity index (χ0) is 5.44. The molecule has 0 bridgehead atoms. The van der Waals surface area contributed by atoms with Crippen LogP contribution in [0, 0.1) is 5.92 Å². The molecule has 7 heavy (non-hydrogen) atoms. The van der Waals surface area contributed by atoms with E-state index in [-0.39, 0.29) is 11.3 Å². The zero-order valence-corrected chi connectivity index (χ0v) is 4.35. The van der Waals surface area contributed by atoms with Crippen molar-refractivity contribution in [1.82, 2.24) is 0 Å². The van der Waals surface area contributed by atoms with Crippen LogP contribution in [0.25, 0.3) is 0 Å². The molecule has 3 heteroatoms. The summed E-state index contributed by atoms with van der Waals surface area (Å²) in [5.41, 5.74) is 0. The Hall–Kier alpha value is -0.240. The molecule has 2 atom stereocenters. The van der Waals surface area contributed by atoms with E-state index < -0.39 is 5.97 Å². The summed E-state index contributed by atoms with van der Waals surface area (Å²) in [7, 11) is 0. The Kier molecular flexibility index (Phi) is 0.961. The van der Waals surface area contributed by atoms with E-state index in [0.29, 0.717) is 6.42 Å². The van der Waals surface area contributed by atoms with Gasteiger partial charge in [0.05, 0.1) is 5.92 Å². The minimum atomic E-state index is -0.764. The van der Waals surface area contributed by atoms with Crippen molar-refractivity contribution in [3.8, 4) is 0 Å². The van der Waals surface area contributed by atoms with E-state index in [9.17, 15) is 4.79 Å². The van der Waals surface area contributed by atoms with E-state index in [2.05, 4.69) is 0 Å². The first kappa shape index (κ1) is 4.91. The number of carboxylic acid groups (broad SMARTS) is 1. The summed E-state index contributed by atoms with van der Waals surface area (Å²) in [6.07, 6.45) is 0.650. The van der Waals surface area contributed by atoms with Crippen molar-refractivity contribution in [3.05, 3.63) is 0 Å². The maximum Gasteiger partial charge on any atom is 0.308 e. The molecular formula is C4H5ClO2. The second-order valence-electron chi connectivity index (χ2n) is 1.70. The third-order valence-corrected chi connectivity index (χ3v) is 1.51. The number of rotatable bonds is 1. The summed E-state index contributed by atoms with van der Waals surface area (Å²) in [6, 6.07) is 0. The normalized spacial score (nSPS) is 37.9. The van der Waals surface area contributed by atoms with Crippen LogP contribution in [0.2, 0.25) is 0 Å². The van der Waals surface area contributed by atoms with Crippen LogP contribution in [-0.2, 0) is 4.79 Å². The second kappa shape index (κ2) is 1.37. The van der Waals surface area contributed by atoms with Gasteiger partial charge in [0, 0.05) is 5.38 Å². The number of carbonyl (C=O) groups is 1. The van der Waals surface area contributed by atoms with Gasteiger partial charge < -0.3 is 5.11 Å². The number of halogens is 1. The second-order valence-corrected chi connectivity index (χ2v) is 2.26. The van der Waals surface area contributed by atoms with Crippen molar-refractivity contribution in [3.63, 3.8) is 0 Å². The third kappa shape index (κ3) is 0.855. The lowest BCUT2D eigenvalue weighted by molar-refractivity contribution is -0.138. The fourth-order valence-corrected chi connectivity index (χ4v) is 0.719. The molecule has 1 unspecified atom stereocenters. The Morgan fingerprint density at radius 1 is 1.86 bits per heavy atom. The Balaban J connectivity index is 2.33. The van der Waals surface area contributed by atoms with Crippen LogP contribution in [0.4, 0.5) is 0 Å². The summed E-state index contributed by atoms with van der Waals surface area (Å²) in [5.74, 6) is -1.01. The third-order valence-electron chi connectivity index (χ3n) is 1.03. The van der Waals surface area contributed by atoms with E-state index in [1.165, 1.54) is 0 Å². The van der Waals surface area contributed by atoms with Crippen molar-refractivity contribution in [2.45, 2.75) is 11.8 Å². The molecule has 0 aromatic rings. The van der Waals surface area contributed by atoms with E-state index in [1.54, 1.807) is 0 Å². The average molecular weight is 121 g/mol. The number of hydrogen-bond acceptors (Lipinski definition) is 1. The van der Waals surface area contributed by atoms with Crippen molar-refractivity contribution in [2.24, 2.45) is 5.92 Å². The van der Waals surface area contributed by atoms with E-state index >= 15 is 0 Å². The smallest absolute Gasteiger partial charge is 0.308 e. The molecule has 1 N–H and O–H groups in total. The molecule has 0 aromatic heterocycles. The van der Waals surface area contributed by atoms with Gasteiger partial charge in [-0.05, 0) is 6.42 Å². The van der Waals surface area contributed by atoms with Crippen molar-refractivity contribution in [1.29, 1.82) is 0 Å². The van der Waals surface area contributed by atoms with Crippen molar-refractivity contribution in [2.75, 3.05) is 0 Å². The van der Waals surface area contributed by atoms with Gasteiger partial charge in [-0.3, -0.25) is 4.79 Å². The SMILES string of the molecule is O=C(O)[C@@H]1CC1Cl. The highest BCUT2D eigenvalue weighted by molar-refractivity contribution is 6.24. The van der Waals surface area contributed by atoms with Gasteiger partial charge in [0.2, 0.25) is 0 Å². The van der Waals surface area contributed by atoms with Gasteiger partial charge in [0.15, 0.2) is 0 Å². The number of carboxylic acids is 1. The summed E-state index contributed by atoms with van der Waals surface area (Å²) in [4.78, 5) is 9.89. The highest BCUT2D eigenvalue weighted by Gasteiger charge is 2.41. The quantitative estimate of drug-likeness (QED) is 0.517. The minimum absolute atomic E-state index is 0.0856. The van der Waals surface area contributed by atoms with Crippen LogP contribution in [-0.4, -0.2) is 16.5 Å². The summed E-state index contributed by atoms with van der Waals surface area (Å²) < 4.78 is 0. The van der Waals surface area contributed by atoms with Crippen LogP contribution >= 0.6 is 11.6 Å². The first-order valence-corrected chi connectivity index (χ1v) is 2.52. The van der Waals surface area contributed by atoms with Gasteiger partial charge >= 0.3 is 5.97 Å². The lowest BCUT2D eigenvalue weighted by Crippen LogP contribution is -1.98. The molecule has 1 saturated carbocycles. The fourth-order valence-electron chi connectivity index (χ4n) is 0.420. The molecule has 2 nitrogen and oxygen atoms in total. The number of hydrogen-bond donors (Lipinski definition) is 1. The van der Waals surface area contributed by atoms with Crippen LogP contribution < -0.4 is 0 Å². The highest BCUT2D eigenvalue weighted by atomic mass is 35.5. The molecule has 1 aliphatic rings. The van der Waals surface area contributed by atoms with Gasteiger partial charge in [-0.15, -0.1) is 11.6 Å². The molecule has 1 rings (SSSR count). The maximum absolute atomic E-state index is 9.89. The lowest BCUT2D eigenvalue weighted by atomic mass is 10.5. The van der Waals surface area contributed by atoms with Crippen LogP contribution in [0.1, 0.15) is 6.42 Å². The van der Waals surface area contributed by atoms with Crippen LogP contribution in [0.5, 0.6) is 0 Å². The van der Waals surface area contributed by atoms with E-state index in [0.717, 1.165) is 0 Å². The van der Waals surface area contributed by atoms with Gasteiger partial charge in [-0.25, -0.2) is 0 Å². The Bertz CT molecular complexity index is 102. The molecule has 0 radical (unpaired) electrons. The predicted molar refractivity (Wildman–Crippen MR) is 25.4 cm³/mol. The topological polar surface area (TPSA) is 37.3 Å². The number of alkyl halides is 1. The monoisotopic (exact) mass is 120 g/mol. The van der Waals surface area contributed by atoms with Gasteiger partial charge in [0.1, 0.15) is 0 Å². The van der Waals surface area contributed by atoms with Gasteiger partial charge in [-0.2, -0.15) is 0 Å². The lowest BCUT2D eigenvalue weighted by Gasteiger charge is -1.78. The molecule has 0 spiro atoms. The Labute approximate surface area is 46.1 Å². The molecule has 1 fully saturated rings. The summed E-state index contributed by atoms with van der Waals surface area (Å²) >= 11 is 5.37. The first-order valence-electron chi connectivity index (χ1n) is 2.08. The molecule has 1 aliphatic carbocycles. The predicted octanol–water partition coefficient (Wildman–Crippen LogP) is 0.698. The number of aliphatic carboxylic acids is 1.